The Morgan fingerprint density at radius 2 is 2.03 bits per heavy atom. The van der Waals surface area contributed by atoms with Crippen molar-refractivity contribution in [2.24, 2.45) is 0 Å². The van der Waals surface area contributed by atoms with Crippen LogP contribution in [0.1, 0.15) is 32.9 Å². The summed E-state index contributed by atoms with van der Waals surface area (Å²) in [6.45, 7) is 4.57. The first-order valence-electron chi connectivity index (χ1n) is 11.2. The maximum atomic E-state index is 13.9. The van der Waals surface area contributed by atoms with Crippen LogP contribution in [0.15, 0.2) is 54.9 Å². The molecule has 5 rings (SSSR count). The Bertz CT molecular complexity index is 1470. The number of hydrogen-bond acceptors (Lipinski definition) is 4. The van der Waals surface area contributed by atoms with Crippen LogP contribution < -0.4 is 10.6 Å². The zero-order valence-electron chi connectivity index (χ0n) is 19.2. The van der Waals surface area contributed by atoms with E-state index in [1.165, 1.54) is 12.1 Å². The average Bonchev–Trinajstić information content (AvgIpc) is 3.52. The molecule has 0 saturated heterocycles. The maximum absolute atomic E-state index is 13.9. The van der Waals surface area contributed by atoms with Gasteiger partial charge in [-0.1, -0.05) is 29.5 Å². The molecular formula is C26H23FN6O2. The lowest BCUT2D eigenvalue weighted by Crippen LogP contribution is -2.28. The molecule has 4 aromatic rings. The third-order valence-electron chi connectivity index (χ3n) is 6.05. The van der Waals surface area contributed by atoms with Gasteiger partial charge in [-0.15, -0.1) is 5.10 Å². The van der Waals surface area contributed by atoms with Crippen molar-refractivity contribution in [2.75, 3.05) is 11.9 Å². The van der Waals surface area contributed by atoms with Crippen molar-refractivity contribution >= 4 is 29.2 Å². The molecule has 2 aromatic carbocycles. The second kappa shape index (κ2) is 9.02. The third kappa shape index (κ3) is 4.23. The number of nitrogens with one attached hydrogen (secondary N) is 3. The molecule has 3 N–H and O–H groups in total. The number of H-pyrrole nitrogens is 1. The number of benzene rings is 2. The zero-order chi connectivity index (χ0) is 24.5. The minimum atomic E-state index is -0.349. The third-order valence-corrected chi connectivity index (χ3v) is 6.05. The second-order valence-corrected chi connectivity index (χ2v) is 8.34. The minimum Gasteiger partial charge on any atom is -0.358 e. The van der Waals surface area contributed by atoms with Crippen LogP contribution >= 0.6 is 0 Å². The summed E-state index contributed by atoms with van der Waals surface area (Å²) in [6.07, 6.45) is 5.06. The van der Waals surface area contributed by atoms with Gasteiger partial charge in [-0.3, -0.25) is 14.3 Å². The number of halogens is 1. The highest BCUT2D eigenvalue weighted by molar-refractivity contribution is 6.36. The molecule has 35 heavy (non-hydrogen) atoms. The summed E-state index contributed by atoms with van der Waals surface area (Å²) in [5.41, 5.74) is 5.87. The highest BCUT2D eigenvalue weighted by Gasteiger charge is 2.28. The van der Waals surface area contributed by atoms with Gasteiger partial charge in [-0.05, 0) is 54.8 Å². The standard InChI is InChI=1S/C26H23FN6O2/c1-15-22(30-16(2)23(15)26(35)28-9-11-33-12-10-29-32-33)14-20-24-19(17-5-3-6-18(27)13-17)7-4-8-21(24)31-25(20)34/h3-8,10,12-14,30H,9,11H2,1-2H3,(H,28,35)(H,31,34)/b20-14-. The molecule has 0 spiro atoms. The van der Waals surface area contributed by atoms with Crippen LogP contribution in [-0.2, 0) is 11.3 Å². The van der Waals surface area contributed by atoms with Gasteiger partial charge in [0.05, 0.1) is 23.9 Å². The van der Waals surface area contributed by atoms with Crippen molar-refractivity contribution in [1.82, 2.24) is 25.3 Å². The van der Waals surface area contributed by atoms with Crippen molar-refractivity contribution < 1.29 is 14.0 Å². The Labute approximate surface area is 200 Å². The van der Waals surface area contributed by atoms with Crippen LogP contribution in [-0.4, -0.2) is 38.3 Å². The van der Waals surface area contributed by atoms with E-state index in [1.54, 1.807) is 29.2 Å². The van der Waals surface area contributed by atoms with Crippen LogP contribution in [0.25, 0.3) is 22.8 Å². The van der Waals surface area contributed by atoms with Crippen molar-refractivity contribution in [3.63, 3.8) is 0 Å². The first-order valence-corrected chi connectivity index (χ1v) is 11.2. The molecule has 8 nitrogen and oxygen atoms in total. The van der Waals surface area contributed by atoms with Gasteiger partial charge in [-0.25, -0.2) is 4.39 Å². The molecule has 2 amide bonds. The van der Waals surface area contributed by atoms with E-state index in [0.717, 1.165) is 11.1 Å². The molecular weight excluding hydrogens is 447 g/mol. The lowest BCUT2D eigenvalue weighted by molar-refractivity contribution is -0.110. The SMILES string of the molecule is Cc1[nH]c(/C=C2\C(=O)Nc3cccc(-c4cccc(F)c4)c32)c(C)c1C(=O)NCCn1ccnn1. The number of aromatic amines is 1. The number of amides is 2. The second-order valence-electron chi connectivity index (χ2n) is 8.34. The normalized spacial score (nSPS) is 13.7. The number of hydrogen-bond donors (Lipinski definition) is 3. The Balaban J connectivity index is 1.47. The van der Waals surface area contributed by atoms with E-state index in [2.05, 4.69) is 25.9 Å². The summed E-state index contributed by atoms with van der Waals surface area (Å²) >= 11 is 0. The van der Waals surface area contributed by atoms with Crippen molar-refractivity contribution in [2.45, 2.75) is 20.4 Å². The number of carbonyl (C=O) groups excluding carboxylic acids is 2. The minimum absolute atomic E-state index is 0.210. The lowest BCUT2D eigenvalue weighted by Gasteiger charge is -2.09. The van der Waals surface area contributed by atoms with E-state index in [9.17, 15) is 14.0 Å². The Morgan fingerprint density at radius 1 is 1.20 bits per heavy atom. The number of anilines is 1. The van der Waals surface area contributed by atoms with Crippen molar-refractivity contribution in [3.05, 3.63) is 88.8 Å². The Kier molecular flexibility index (Phi) is 5.74. The van der Waals surface area contributed by atoms with Gasteiger partial charge in [0.15, 0.2) is 0 Å². The molecule has 0 atom stereocenters. The van der Waals surface area contributed by atoms with Gasteiger partial charge < -0.3 is 15.6 Å². The summed E-state index contributed by atoms with van der Waals surface area (Å²) in [5.74, 6) is -0.815. The summed E-state index contributed by atoms with van der Waals surface area (Å²) in [6, 6.07) is 11.8. The van der Waals surface area contributed by atoms with E-state index < -0.39 is 0 Å². The number of carbonyl (C=O) groups is 2. The Morgan fingerprint density at radius 3 is 2.80 bits per heavy atom. The van der Waals surface area contributed by atoms with E-state index in [0.29, 0.717) is 52.4 Å². The smallest absolute Gasteiger partial charge is 0.256 e. The fourth-order valence-electron chi connectivity index (χ4n) is 4.41. The molecule has 9 heteroatoms. The summed E-state index contributed by atoms with van der Waals surface area (Å²) in [7, 11) is 0. The van der Waals surface area contributed by atoms with Gasteiger partial charge in [0, 0.05) is 35.4 Å². The van der Waals surface area contributed by atoms with E-state index in [-0.39, 0.29) is 17.6 Å². The van der Waals surface area contributed by atoms with Gasteiger partial charge in [0.25, 0.3) is 11.8 Å². The summed E-state index contributed by atoms with van der Waals surface area (Å²) < 4.78 is 15.6. The highest BCUT2D eigenvalue weighted by Crippen LogP contribution is 2.40. The molecule has 0 saturated carbocycles. The van der Waals surface area contributed by atoms with Crippen molar-refractivity contribution in [1.29, 1.82) is 0 Å². The molecule has 0 bridgehead atoms. The summed E-state index contributed by atoms with van der Waals surface area (Å²) in [5, 5.41) is 13.4. The summed E-state index contributed by atoms with van der Waals surface area (Å²) in [4.78, 5) is 29.0. The zero-order valence-corrected chi connectivity index (χ0v) is 19.2. The molecule has 176 valence electrons. The predicted octanol–water partition coefficient (Wildman–Crippen LogP) is 3.95. The average molecular weight is 471 g/mol. The van der Waals surface area contributed by atoms with Gasteiger partial charge in [-0.2, -0.15) is 0 Å². The predicted molar refractivity (Wildman–Crippen MR) is 131 cm³/mol. The topological polar surface area (TPSA) is 105 Å². The molecule has 3 heterocycles. The fourth-order valence-corrected chi connectivity index (χ4v) is 4.41. The first kappa shape index (κ1) is 22.3. The molecule has 2 aromatic heterocycles. The van der Waals surface area contributed by atoms with E-state index >= 15 is 0 Å². The van der Waals surface area contributed by atoms with Gasteiger partial charge in [0.1, 0.15) is 5.82 Å². The molecule has 0 unspecified atom stereocenters. The van der Waals surface area contributed by atoms with Crippen LogP contribution in [0.3, 0.4) is 0 Å². The molecule has 0 fully saturated rings. The quantitative estimate of drug-likeness (QED) is 0.371. The van der Waals surface area contributed by atoms with E-state index in [1.807, 2.05) is 38.1 Å². The number of nitrogens with zero attached hydrogens (tertiary/aromatic N) is 3. The monoisotopic (exact) mass is 470 g/mol. The fraction of sp³-hybridized carbons (Fsp3) is 0.154. The van der Waals surface area contributed by atoms with Crippen LogP contribution in [0.2, 0.25) is 0 Å². The number of fused-ring (bicyclic) bond motifs is 1. The first-order chi connectivity index (χ1) is 16.9. The van der Waals surface area contributed by atoms with Gasteiger partial charge in [0.2, 0.25) is 0 Å². The molecule has 1 aliphatic rings. The van der Waals surface area contributed by atoms with Crippen molar-refractivity contribution in [3.8, 4) is 11.1 Å². The lowest BCUT2D eigenvalue weighted by atomic mass is 9.94. The highest BCUT2D eigenvalue weighted by atomic mass is 19.1. The molecule has 0 aliphatic carbocycles. The van der Waals surface area contributed by atoms with Crippen LogP contribution in [0.5, 0.6) is 0 Å². The van der Waals surface area contributed by atoms with E-state index in [4.69, 9.17) is 0 Å². The molecule has 1 aliphatic heterocycles. The van der Waals surface area contributed by atoms with Gasteiger partial charge >= 0.3 is 0 Å². The maximum Gasteiger partial charge on any atom is 0.256 e. The Hall–Kier alpha value is -4.53. The number of aromatic nitrogens is 4. The number of aryl methyl sites for hydroxylation is 1. The molecule has 0 radical (unpaired) electrons. The van der Waals surface area contributed by atoms with Crippen LogP contribution in [0.4, 0.5) is 10.1 Å². The van der Waals surface area contributed by atoms with Crippen LogP contribution in [0, 0.1) is 19.7 Å². The largest absolute Gasteiger partial charge is 0.358 e. The number of rotatable bonds is 6.